The van der Waals surface area contributed by atoms with Gasteiger partial charge in [0.1, 0.15) is 15.6 Å². The van der Waals surface area contributed by atoms with Crippen molar-refractivity contribution in [2.24, 2.45) is 0 Å². The van der Waals surface area contributed by atoms with Crippen LogP contribution in [0.2, 0.25) is 0 Å². The average molecular weight is 282 g/mol. The summed E-state index contributed by atoms with van der Waals surface area (Å²) in [6.45, 7) is 0. The van der Waals surface area contributed by atoms with E-state index in [0.29, 0.717) is 5.57 Å². The van der Waals surface area contributed by atoms with Crippen LogP contribution in [0.1, 0.15) is 0 Å². The third-order valence-electron chi connectivity index (χ3n) is 1.36. The lowest BCUT2D eigenvalue weighted by Crippen LogP contribution is -2.28. The Bertz CT molecular complexity index is 231. The van der Waals surface area contributed by atoms with E-state index in [1.807, 2.05) is 0 Å². The Kier molecular flexibility index (Phi) is 2.67. The molecule has 4 heteroatoms. The van der Waals surface area contributed by atoms with Crippen molar-refractivity contribution < 1.29 is 9.90 Å². The van der Waals surface area contributed by atoms with E-state index in [0.717, 1.165) is 6.29 Å². The van der Waals surface area contributed by atoms with Crippen LogP contribution in [0.25, 0.3) is 0 Å². The predicted molar refractivity (Wildman–Crippen MR) is 49.9 cm³/mol. The molecule has 1 rings (SSSR count). The van der Waals surface area contributed by atoms with Gasteiger partial charge in [0, 0.05) is 5.57 Å². The van der Waals surface area contributed by atoms with Gasteiger partial charge in [-0.25, -0.2) is 0 Å². The fourth-order valence-corrected chi connectivity index (χ4v) is 1.59. The second kappa shape index (κ2) is 3.21. The summed E-state index contributed by atoms with van der Waals surface area (Å²) in [6, 6.07) is 0. The minimum Gasteiger partial charge on any atom is -0.386 e. The third kappa shape index (κ3) is 2.01. The molecule has 0 saturated carbocycles. The first kappa shape index (κ1) is 9.16. The monoisotopic (exact) mass is 280 g/mol. The van der Waals surface area contributed by atoms with Gasteiger partial charge in [-0.15, -0.1) is 0 Å². The maximum absolute atomic E-state index is 10.3. The topological polar surface area (TPSA) is 37.3 Å². The molecule has 60 valence electrons. The molecule has 2 nitrogen and oxygen atoms in total. The molecule has 11 heavy (non-hydrogen) atoms. The zero-order valence-corrected chi connectivity index (χ0v) is 8.67. The number of carbonyl (C=O) groups excluding carboxylic acids is 1. The molecule has 1 unspecified atom stereocenters. The summed E-state index contributed by atoms with van der Waals surface area (Å²) in [5.74, 6) is 0. The summed E-state index contributed by atoms with van der Waals surface area (Å²) in [4.78, 5) is 10.3. The molecule has 0 aliphatic heterocycles. The molecule has 1 atom stereocenters. The van der Waals surface area contributed by atoms with Gasteiger partial charge >= 0.3 is 0 Å². The zero-order chi connectivity index (χ0) is 8.48. The molecular formula is C7H6Br2O2. The Balaban J connectivity index is 2.93. The van der Waals surface area contributed by atoms with Crippen molar-refractivity contribution in [2.75, 3.05) is 0 Å². The van der Waals surface area contributed by atoms with E-state index in [4.69, 9.17) is 0 Å². The van der Waals surface area contributed by atoms with Crippen molar-refractivity contribution in [3.05, 3.63) is 23.8 Å². The smallest absolute Gasteiger partial charge is 0.149 e. The SMILES string of the molecule is O=CC1=CC(Br)(Br)C(O)C=C1. The fraction of sp³-hybridized carbons (Fsp3) is 0.286. The first-order valence-corrected chi connectivity index (χ1v) is 4.57. The highest BCUT2D eigenvalue weighted by molar-refractivity contribution is 9.25. The van der Waals surface area contributed by atoms with E-state index in [9.17, 15) is 9.90 Å². The van der Waals surface area contributed by atoms with Gasteiger partial charge in [0.05, 0.1) is 0 Å². The Labute approximate surface area is 81.2 Å². The minimum atomic E-state index is -0.689. The number of rotatable bonds is 1. The lowest BCUT2D eigenvalue weighted by molar-refractivity contribution is -0.104. The van der Waals surface area contributed by atoms with E-state index >= 15 is 0 Å². The molecule has 1 N–H and O–H groups in total. The minimum absolute atomic E-state index is 0.545. The van der Waals surface area contributed by atoms with Gasteiger partial charge in [0.15, 0.2) is 0 Å². The number of aliphatic hydroxyl groups excluding tert-OH is 1. The van der Waals surface area contributed by atoms with Crippen LogP contribution in [0.4, 0.5) is 0 Å². The third-order valence-corrected chi connectivity index (χ3v) is 2.76. The van der Waals surface area contributed by atoms with Crippen molar-refractivity contribution >= 4 is 38.1 Å². The van der Waals surface area contributed by atoms with Crippen LogP contribution in [0, 0.1) is 0 Å². The van der Waals surface area contributed by atoms with Crippen molar-refractivity contribution in [2.45, 2.75) is 9.34 Å². The Morgan fingerprint density at radius 3 is 2.73 bits per heavy atom. The van der Waals surface area contributed by atoms with Crippen LogP contribution in [0.3, 0.4) is 0 Å². The molecule has 0 aromatic heterocycles. The zero-order valence-electron chi connectivity index (χ0n) is 5.50. The van der Waals surface area contributed by atoms with E-state index in [1.54, 1.807) is 18.2 Å². The molecule has 0 aromatic carbocycles. The highest BCUT2D eigenvalue weighted by Gasteiger charge is 2.30. The van der Waals surface area contributed by atoms with Crippen molar-refractivity contribution in [3.63, 3.8) is 0 Å². The van der Waals surface area contributed by atoms with Gasteiger partial charge in [0.2, 0.25) is 0 Å². The number of carbonyl (C=O) groups is 1. The molecule has 0 heterocycles. The van der Waals surface area contributed by atoms with Gasteiger partial charge in [-0.3, -0.25) is 4.79 Å². The van der Waals surface area contributed by atoms with Gasteiger partial charge in [-0.2, -0.15) is 0 Å². The molecule has 1 aliphatic rings. The van der Waals surface area contributed by atoms with Crippen molar-refractivity contribution in [1.29, 1.82) is 0 Å². The maximum Gasteiger partial charge on any atom is 0.149 e. The Hall–Kier alpha value is 0.0700. The van der Waals surface area contributed by atoms with Crippen LogP contribution in [0.15, 0.2) is 23.8 Å². The molecule has 0 bridgehead atoms. The standard InChI is InChI=1S/C7H6Br2O2/c8-7(9)3-5(4-10)1-2-6(7)11/h1-4,6,11H. The summed E-state index contributed by atoms with van der Waals surface area (Å²) in [5, 5.41) is 9.31. The molecule has 0 fully saturated rings. The number of aliphatic hydroxyl groups is 1. The van der Waals surface area contributed by atoms with E-state index in [-0.39, 0.29) is 0 Å². The van der Waals surface area contributed by atoms with Crippen molar-refractivity contribution in [3.8, 4) is 0 Å². The predicted octanol–water partition coefficient (Wildman–Crippen LogP) is 1.53. The number of allylic oxidation sites excluding steroid dienone is 2. The Morgan fingerprint density at radius 2 is 2.27 bits per heavy atom. The lowest BCUT2D eigenvalue weighted by atomic mass is 10.1. The highest BCUT2D eigenvalue weighted by atomic mass is 79.9. The number of alkyl halides is 2. The number of aldehydes is 1. The molecule has 0 amide bonds. The molecule has 0 saturated heterocycles. The normalized spacial score (nSPS) is 27.9. The van der Waals surface area contributed by atoms with Gasteiger partial charge < -0.3 is 5.11 Å². The van der Waals surface area contributed by atoms with Crippen LogP contribution >= 0.6 is 31.9 Å². The number of hydrogen-bond donors (Lipinski definition) is 1. The van der Waals surface area contributed by atoms with E-state index < -0.39 is 9.34 Å². The fourth-order valence-electron chi connectivity index (χ4n) is 0.760. The lowest BCUT2D eigenvalue weighted by Gasteiger charge is -2.23. The molecule has 0 radical (unpaired) electrons. The average Bonchev–Trinajstić information content (AvgIpc) is 1.95. The highest BCUT2D eigenvalue weighted by Crippen LogP contribution is 2.36. The second-order valence-corrected chi connectivity index (χ2v) is 5.93. The number of hydrogen-bond acceptors (Lipinski definition) is 2. The summed E-state index contributed by atoms with van der Waals surface area (Å²) in [7, 11) is 0. The van der Waals surface area contributed by atoms with Crippen LogP contribution < -0.4 is 0 Å². The van der Waals surface area contributed by atoms with E-state index in [2.05, 4.69) is 31.9 Å². The Morgan fingerprint density at radius 1 is 1.64 bits per heavy atom. The van der Waals surface area contributed by atoms with Crippen molar-refractivity contribution in [1.82, 2.24) is 0 Å². The first-order chi connectivity index (χ1) is 5.06. The van der Waals surface area contributed by atoms with Crippen LogP contribution in [0.5, 0.6) is 0 Å². The quantitative estimate of drug-likeness (QED) is 0.585. The molecule has 1 aliphatic carbocycles. The molecule has 0 spiro atoms. The molecule has 0 aromatic rings. The van der Waals surface area contributed by atoms with Crippen LogP contribution in [-0.4, -0.2) is 20.7 Å². The van der Waals surface area contributed by atoms with E-state index in [1.165, 1.54) is 0 Å². The van der Waals surface area contributed by atoms with Gasteiger partial charge in [-0.1, -0.05) is 44.0 Å². The largest absolute Gasteiger partial charge is 0.386 e. The first-order valence-electron chi connectivity index (χ1n) is 2.98. The summed E-state index contributed by atoms with van der Waals surface area (Å²) < 4.78 is -0.689. The molecular weight excluding hydrogens is 276 g/mol. The summed E-state index contributed by atoms with van der Waals surface area (Å²) >= 11 is 6.44. The maximum atomic E-state index is 10.3. The summed E-state index contributed by atoms with van der Waals surface area (Å²) in [6.07, 6.45) is 4.84. The summed E-state index contributed by atoms with van der Waals surface area (Å²) in [5.41, 5.74) is 0.545. The van der Waals surface area contributed by atoms with Gasteiger partial charge in [0.25, 0.3) is 0 Å². The van der Waals surface area contributed by atoms with Gasteiger partial charge in [-0.05, 0) is 6.08 Å². The van der Waals surface area contributed by atoms with Crippen LogP contribution in [-0.2, 0) is 4.79 Å². The number of halogens is 2. The second-order valence-electron chi connectivity index (χ2n) is 2.24.